The number of amides is 2. The molecular weight excluding hydrogens is 419 g/mol. The molecule has 0 aliphatic heterocycles. The van der Waals surface area contributed by atoms with Gasteiger partial charge in [0.1, 0.15) is 5.60 Å². The van der Waals surface area contributed by atoms with Crippen molar-refractivity contribution in [1.82, 2.24) is 10.6 Å². The summed E-state index contributed by atoms with van der Waals surface area (Å²) in [7, 11) is 0. The summed E-state index contributed by atoms with van der Waals surface area (Å²) >= 11 is 2.21. The SMILES string of the molecule is CC(C)(C)OC(=O)NCC1(NC(=O)c2ccc(I)cc2)CCCC1. The lowest BCUT2D eigenvalue weighted by Crippen LogP contribution is -2.54. The van der Waals surface area contributed by atoms with E-state index in [0.717, 1.165) is 29.3 Å². The quantitative estimate of drug-likeness (QED) is 0.694. The molecule has 0 heterocycles. The number of rotatable bonds is 4. The van der Waals surface area contributed by atoms with E-state index < -0.39 is 17.2 Å². The van der Waals surface area contributed by atoms with Crippen molar-refractivity contribution >= 4 is 34.6 Å². The zero-order chi connectivity index (χ0) is 17.8. The molecule has 5 nitrogen and oxygen atoms in total. The molecule has 2 N–H and O–H groups in total. The maximum atomic E-state index is 12.5. The molecule has 0 atom stereocenters. The summed E-state index contributed by atoms with van der Waals surface area (Å²) in [5, 5.41) is 5.95. The summed E-state index contributed by atoms with van der Waals surface area (Å²) in [6, 6.07) is 7.47. The first kappa shape index (κ1) is 19.0. The molecular formula is C18H25IN2O3. The van der Waals surface area contributed by atoms with Gasteiger partial charge >= 0.3 is 6.09 Å². The summed E-state index contributed by atoms with van der Waals surface area (Å²) in [5.74, 6) is -0.0979. The van der Waals surface area contributed by atoms with Crippen LogP contribution in [0.5, 0.6) is 0 Å². The van der Waals surface area contributed by atoms with E-state index in [0.29, 0.717) is 12.1 Å². The molecule has 1 fully saturated rings. The Bertz CT molecular complexity index is 587. The lowest BCUT2D eigenvalue weighted by atomic mass is 9.96. The Morgan fingerprint density at radius 2 is 1.75 bits per heavy atom. The zero-order valence-electron chi connectivity index (χ0n) is 14.4. The van der Waals surface area contributed by atoms with Crippen LogP contribution in [0.1, 0.15) is 56.8 Å². The number of benzene rings is 1. The zero-order valence-corrected chi connectivity index (χ0v) is 16.6. The van der Waals surface area contributed by atoms with Crippen LogP contribution < -0.4 is 10.6 Å². The summed E-state index contributed by atoms with van der Waals surface area (Å²) in [5.41, 5.74) is -0.284. The van der Waals surface area contributed by atoms with Crippen molar-refractivity contribution in [2.45, 2.75) is 57.6 Å². The molecule has 1 aromatic rings. The monoisotopic (exact) mass is 444 g/mol. The van der Waals surface area contributed by atoms with Gasteiger partial charge in [-0.15, -0.1) is 0 Å². The number of carbonyl (C=O) groups is 2. The van der Waals surface area contributed by atoms with Crippen LogP contribution in [0, 0.1) is 3.57 Å². The van der Waals surface area contributed by atoms with Gasteiger partial charge in [-0.1, -0.05) is 12.8 Å². The molecule has 6 heteroatoms. The van der Waals surface area contributed by atoms with Gasteiger partial charge in [0.05, 0.1) is 5.54 Å². The number of carbonyl (C=O) groups excluding carboxylic acids is 2. The van der Waals surface area contributed by atoms with Crippen LogP contribution in [0.3, 0.4) is 0 Å². The Hall–Kier alpha value is -1.31. The van der Waals surface area contributed by atoms with Crippen LogP contribution in [0.4, 0.5) is 4.79 Å². The first-order chi connectivity index (χ1) is 11.2. The second kappa shape index (κ2) is 7.72. The Labute approximate surface area is 157 Å². The smallest absolute Gasteiger partial charge is 0.407 e. The van der Waals surface area contributed by atoms with E-state index in [4.69, 9.17) is 4.74 Å². The minimum absolute atomic E-state index is 0.0979. The van der Waals surface area contributed by atoms with Gasteiger partial charge < -0.3 is 15.4 Å². The molecule has 132 valence electrons. The van der Waals surface area contributed by atoms with Crippen molar-refractivity contribution in [3.8, 4) is 0 Å². The van der Waals surface area contributed by atoms with E-state index in [-0.39, 0.29) is 5.91 Å². The van der Waals surface area contributed by atoms with Crippen molar-refractivity contribution in [2.75, 3.05) is 6.54 Å². The molecule has 0 unspecified atom stereocenters. The van der Waals surface area contributed by atoms with Crippen LogP contribution in [-0.2, 0) is 4.74 Å². The van der Waals surface area contributed by atoms with E-state index in [9.17, 15) is 9.59 Å². The standard InChI is InChI=1S/C18H25IN2O3/c1-17(2,3)24-16(23)20-12-18(10-4-5-11-18)21-15(22)13-6-8-14(19)9-7-13/h6-9H,4-5,10-12H2,1-3H3,(H,20,23)(H,21,22). The summed E-state index contributed by atoms with van der Waals surface area (Å²) < 4.78 is 6.37. The van der Waals surface area contributed by atoms with Crippen LogP contribution in [0.25, 0.3) is 0 Å². The van der Waals surface area contributed by atoms with Crippen LogP contribution in [0.2, 0.25) is 0 Å². The predicted octanol–water partition coefficient (Wildman–Crippen LogP) is 3.86. The van der Waals surface area contributed by atoms with Gasteiger partial charge in [-0.2, -0.15) is 0 Å². The molecule has 1 saturated carbocycles. The highest BCUT2D eigenvalue weighted by Crippen LogP contribution is 2.29. The third kappa shape index (κ3) is 5.65. The number of hydrogen-bond acceptors (Lipinski definition) is 3. The van der Waals surface area contributed by atoms with Crippen molar-refractivity contribution in [1.29, 1.82) is 0 Å². The number of alkyl carbamates (subject to hydrolysis) is 1. The van der Waals surface area contributed by atoms with Crippen molar-refractivity contribution in [3.63, 3.8) is 0 Å². The summed E-state index contributed by atoms with van der Waals surface area (Å²) in [6.07, 6.45) is 3.36. The molecule has 0 aromatic heterocycles. The largest absolute Gasteiger partial charge is 0.444 e. The molecule has 0 bridgehead atoms. The fourth-order valence-corrected chi connectivity index (χ4v) is 3.23. The lowest BCUT2D eigenvalue weighted by molar-refractivity contribution is 0.0505. The minimum Gasteiger partial charge on any atom is -0.444 e. The van der Waals surface area contributed by atoms with Gasteiger partial charge in [0, 0.05) is 15.7 Å². The van der Waals surface area contributed by atoms with Crippen LogP contribution in [-0.4, -0.2) is 29.7 Å². The first-order valence-electron chi connectivity index (χ1n) is 8.24. The van der Waals surface area contributed by atoms with E-state index in [2.05, 4.69) is 33.2 Å². The topological polar surface area (TPSA) is 67.4 Å². The second-order valence-corrected chi connectivity index (χ2v) is 8.55. The highest BCUT2D eigenvalue weighted by Gasteiger charge is 2.36. The Balaban J connectivity index is 1.98. The molecule has 1 aliphatic rings. The fourth-order valence-electron chi connectivity index (χ4n) is 2.87. The number of nitrogens with one attached hydrogen (secondary N) is 2. The van der Waals surface area contributed by atoms with Gasteiger partial charge in [-0.25, -0.2) is 4.79 Å². The van der Waals surface area contributed by atoms with E-state index in [1.165, 1.54) is 0 Å². The highest BCUT2D eigenvalue weighted by atomic mass is 127. The molecule has 0 spiro atoms. The molecule has 24 heavy (non-hydrogen) atoms. The molecule has 0 radical (unpaired) electrons. The van der Waals surface area contributed by atoms with Crippen molar-refractivity contribution in [2.24, 2.45) is 0 Å². The van der Waals surface area contributed by atoms with Crippen molar-refractivity contribution < 1.29 is 14.3 Å². The third-order valence-corrected chi connectivity index (χ3v) is 4.73. The second-order valence-electron chi connectivity index (χ2n) is 7.30. The lowest BCUT2D eigenvalue weighted by Gasteiger charge is -2.31. The highest BCUT2D eigenvalue weighted by molar-refractivity contribution is 14.1. The van der Waals surface area contributed by atoms with Gasteiger partial charge in [0.15, 0.2) is 0 Å². The van der Waals surface area contributed by atoms with E-state index in [1.54, 1.807) is 0 Å². The van der Waals surface area contributed by atoms with Gasteiger partial charge in [-0.3, -0.25) is 4.79 Å². The number of ether oxygens (including phenoxy) is 1. The first-order valence-corrected chi connectivity index (χ1v) is 9.32. The van der Waals surface area contributed by atoms with Crippen LogP contribution >= 0.6 is 22.6 Å². The van der Waals surface area contributed by atoms with Gasteiger partial charge in [0.25, 0.3) is 5.91 Å². The molecule has 2 rings (SSSR count). The normalized spacial score (nSPS) is 16.5. The Morgan fingerprint density at radius 3 is 2.29 bits per heavy atom. The molecule has 1 aliphatic carbocycles. The average Bonchev–Trinajstić information content (AvgIpc) is 2.93. The maximum Gasteiger partial charge on any atom is 0.407 e. The Kier molecular flexibility index (Phi) is 6.11. The summed E-state index contributed by atoms with van der Waals surface area (Å²) in [4.78, 5) is 24.4. The van der Waals surface area contributed by atoms with E-state index >= 15 is 0 Å². The third-order valence-electron chi connectivity index (χ3n) is 4.02. The number of hydrogen-bond donors (Lipinski definition) is 2. The fraction of sp³-hybridized carbons (Fsp3) is 0.556. The molecule has 0 saturated heterocycles. The number of halogens is 1. The average molecular weight is 444 g/mol. The summed E-state index contributed by atoms with van der Waals surface area (Å²) in [6.45, 7) is 5.88. The predicted molar refractivity (Wildman–Crippen MR) is 102 cm³/mol. The molecule has 2 amide bonds. The van der Waals surface area contributed by atoms with Crippen molar-refractivity contribution in [3.05, 3.63) is 33.4 Å². The molecule has 1 aromatic carbocycles. The van der Waals surface area contributed by atoms with Gasteiger partial charge in [0.2, 0.25) is 0 Å². The van der Waals surface area contributed by atoms with Crippen LogP contribution in [0.15, 0.2) is 24.3 Å². The minimum atomic E-state index is -0.530. The van der Waals surface area contributed by atoms with Gasteiger partial charge in [-0.05, 0) is 80.5 Å². The Morgan fingerprint density at radius 1 is 1.17 bits per heavy atom. The maximum absolute atomic E-state index is 12.5. The van der Waals surface area contributed by atoms with E-state index in [1.807, 2.05) is 45.0 Å².